The monoisotopic (exact) mass is 595 g/mol. The Hall–Kier alpha value is -4.84. The minimum atomic E-state index is -3.76. The molecule has 5 aromatic rings. The Morgan fingerprint density at radius 3 is 2.30 bits per heavy atom. The van der Waals surface area contributed by atoms with Crippen LogP contribution >= 0.6 is 0 Å². The third-order valence-corrected chi connectivity index (χ3v) is 9.66. The number of rotatable bonds is 5. The van der Waals surface area contributed by atoms with E-state index in [1.807, 2.05) is 47.4 Å². The van der Waals surface area contributed by atoms with E-state index < -0.39 is 9.84 Å². The summed E-state index contributed by atoms with van der Waals surface area (Å²) in [5, 5.41) is 14.0. The number of carbonyl (C=O) groups excluding carboxylic acids is 1. The zero-order chi connectivity index (χ0) is 29.9. The molecule has 218 valence electrons. The molecule has 7 rings (SSSR count). The van der Waals surface area contributed by atoms with Crippen molar-refractivity contribution >= 4 is 27.2 Å². The topological polar surface area (TPSA) is 157 Å². The number of anilines is 1. The van der Waals surface area contributed by atoms with Crippen LogP contribution in [0.15, 0.2) is 78.1 Å². The smallest absolute Gasteiger partial charge is 0.272 e. The van der Waals surface area contributed by atoms with Crippen LogP contribution in [-0.2, 0) is 9.84 Å². The molecule has 2 saturated heterocycles. The molecule has 1 aromatic carbocycles. The van der Waals surface area contributed by atoms with Gasteiger partial charge in [0.1, 0.15) is 22.2 Å². The Bertz CT molecular complexity index is 1950. The maximum atomic E-state index is 13.4. The number of nitrogens with two attached hydrogens (primary N) is 1. The van der Waals surface area contributed by atoms with E-state index in [9.17, 15) is 18.3 Å². The first-order valence-electron chi connectivity index (χ1n) is 14.1. The zero-order valence-corrected chi connectivity index (χ0v) is 24.1. The highest BCUT2D eigenvalue weighted by Crippen LogP contribution is 2.45. The largest absolute Gasteiger partial charge is 0.506 e. The first kappa shape index (κ1) is 27.0. The van der Waals surface area contributed by atoms with Crippen molar-refractivity contribution in [3.8, 4) is 28.1 Å². The van der Waals surface area contributed by atoms with Crippen LogP contribution in [0.5, 0.6) is 5.75 Å². The van der Waals surface area contributed by atoms with Gasteiger partial charge in [-0.3, -0.25) is 9.78 Å². The molecular formula is C31H29N7O4S. The maximum Gasteiger partial charge on any atom is 0.272 e. The fraction of sp³-hybridized carbons (Fsp3) is 0.258. The fourth-order valence-electron chi connectivity index (χ4n) is 6.59. The zero-order valence-electron chi connectivity index (χ0n) is 23.3. The first-order chi connectivity index (χ1) is 20.7. The Morgan fingerprint density at radius 2 is 1.67 bits per heavy atom. The van der Waals surface area contributed by atoms with Gasteiger partial charge in [0, 0.05) is 47.1 Å². The lowest BCUT2D eigenvalue weighted by molar-refractivity contribution is 0.0562. The van der Waals surface area contributed by atoms with Crippen LogP contribution in [-0.4, -0.2) is 67.2 Å². The Morgan fingerprint density at radius 1 is 0.930 bits per heavy atom. The maximum absolute atomic E-state index is 13.4. The van der Waals surface area contributed by atoms with E-state index >= 15 is 0 Å². The van der Waals surface area contributed by atoms with Gasteiger partial charge in [0.2, 0.25) is 0 Å². The van der Waals surface area contributed by atoms with Crippen LogP contribution in [0.4, 0.5) is 5.82 Å². The normalized spacial score (nSPS) is 20.0. The quantitative estimate of drug-likeness (QED) is 0.305. The number of carbonyl (C=O) groups is 1. The number of amides is 1. The molecule has 2 bridgehead atoms. The number of hydrogen-bond donors (Lipinski definition) is 2. The van der Waals surface area contributed by atoms with Crippen LogP contribution in [0.3, 0.4) is 0 Å². The van der Waals surface area contributed by atoms with Gasteiger partial charge < -0.3 is 15.7 Å². The van der Waals surface area contributed by atoms with Crippen LogP contribution in [0.1, 0.15) is 47.8 Å². The summed E-state index contributed by atoms with van der Waals surface area (Å²) in [5.74, 6) is -0.413. The van der Waals surface area contributed by atoms with E-state index in [0.29, 0.717) is 29.7 Å². The molecule has 4 aromatic heterocycles. The summed E-state index contributed by atoms with van der Waals surface area (Å²) in [6.45, 7) is 0. The Balaban J connectivity index is 1.26. The van der Waals surface area contributed by atoms with Gasteiger partial charge in [0.15, 0.2) is 15.5 Å². The molecule has 2 fully saturated rings. The number of pyridine rings is 2. The molecule has 11 nitrogen and oxygen atoms in total. The van der Waals surface area contributed by atoms with Gasteiger partial charge in [-0.15, -0.1) is 0 Å². The second-order valence-corrected chi connectivity index (χ2v) is 13.2. The predicted octanol–water partition coefficient (Wildman–Crippen LogP) is 4.10. The van der Waals surface area contributed by atoms with Gasteiger partial charge in [0.25, 0.3) is 5.91 Å². The average Bonchev–Trinajstić information content (AvgIpc) is 3.55. The summed E-state index contributed by atoms with van der Waals surface area (Å²) < 4.78 is 27.6. The van der Waals surface area contributed by atoms with Gasteiger partial charge in [-0.2, -0.15) is 9.61 Å². The van der Waals surface area contributed by atoms with Gasteiger partial charge in [0.05, 0.1) is 23.8 Å². The molecule has 43 heavy (non-hydrogen) atoms. The van der Waals surface area contributed by atoms with E-state index in [0.717, 1.165) is 35.9 Å². The summed E-state index contributed by atoms with van der Waals surface area (Å²) in [4.78, 5) is 28.9. The van der Waals surface area contributed by atoms with Crippen LogP contribution < -0.4 is 5.73 Å². The Kier molecular flexibility index (Phi) is 6.38. The molecule has 6 heterocycles. The molecule has 0 aliphatic carbocycles. The highest BCUT2D eigenvalue weighted by Gasteiger charge is 2.46. The number of nitrogen functional groups attached to an aromatic ring is 1. The summed E-state index contributed by atoms with van der Waals surface area (Å²) >= 11 is 0. The second-order valence-electron chi connectivity index (χ2n) is 11.2. The van der Waals surface area contributed by atoms with Gasteiger partial charge in [-0.25, -0.2) is 18.4 Å². The number of hydrogen-bond acceptors (Lipinski definition) is 9. The minimum Gasteiger partial charge on any atom is -0.506 e. The fourth-order valence-corrected chi connectivity index (χ4v) is 7.65. The van der Waals surface area contributed by atoms with Crippen molar-refractivity contribution in [3.05, 3.63) is 84.6 Å². The highest BCUT2D eigenvalue weighted by molar-refractivity contribution is 7.91. The second kappa shape index (κ2) is 10.2. The van der Waals surface area contributed by atoms with E-state index in [4.69, 9.17) is 10.7 Å². The summed E-state index contributed by atoms with van der Waals surface area (Å²) in [6, 6.07) is 16.5. The Labute approximate surface area is 248 Å². The lowest BCUT2D eigenvalue weighted by atomic mass is 9.87. The number of piperidine rings is 1. The highest BCUT2D eigenvalue weighted by atomic mass is 32.2. The van der Waals surface area contributed by atoms with Crippen molar-refractivity contribution in [2.24, 2.45) is 0 Å². The van der Waals surface area contributed by atoms with E-state index in [-0.39, 0.29) is 46.1 Å². The predicted molar refractivity (Wildman–Crippen MR) is 160 cm³/mol. The van der Waals surface area contributed by atoms with Crippen molar-refractivity contribution in [3.63, 3.8) is 0 Å². The van der Waals surface area contributed by atoms with Crippen LogP contribution in [0.25, 0.3) is 28.0 Å². The number of aromatic nitrogens is 5. The van der Waals surface area contributed by atoms with E-state index in [1.165, 1.54) is 22.8 Å². The molecular weight excluding hydrogens is 566 g/mol. The van der Waals surface area contributed by atoms with Gasteiger partial charge in [-0.1, -0.05) is 36.4 Å². The van der Waals surface area contributed by atoms with E-state index in [2.05, 4.69) is 15.1 Å². The van der Waals surface area contributed by atoms with Crippen molar-refractivity contribution < 1.29 is 18.3 Å². The standard InChI is InChI=1S/C31H29N7O4S/c1-43(41,42)28-27(20-13-21-8-9-22(14-20)37(21)31(40)26-12-10-23(39)16-34-26)36-30-24(17-35-38(30)29(28)32)19-7-11-25(33-15-19)18-5-3-2-4-6-18/h2-7,10-12,15-17,20-22,39H,8-9,13-14,32H2,1H3/t20?,21-,22?/m0/s1. The molecule has 12 heteroatoms. The summed E-state index contributed by atoms with van der Waals surface area (Å²) in [5.41, 5.74) is 10.9. The lowest BCUT2D eigenvalue weighted by Gasteiger charge is -2.39. The molecule has 3 N–H and O–H groups in total. The number of sulfone groups is 1. The molecule has 2 unspecified atom stereocenters. The number of fused-ring (bicyclic) bond motifs is 3. The van der Waals surface area contributed by atoms with Crippen molar-refractivity contribution in [1.29, 1.82) is 0 Å². The molecule has 1 amide bonds. The van der Waals surface area contributed by atoms with Crippen molar-refractivity contribution in [2.75, 3.05) is 12.0 Å². The number of aromatic hydroxyl groups is 1. The van der Waals surface area contributed by atoms with Crippen molar-refractivity contribution in [1.82, 2.24) is 29.5 Å². The molecule has 0 spiro atoms. The van der Waals surface area contributed by atoms with Crippen molar-refractivity contribution in [2.45, 2.75) is 48.6 Å². The summed E-state index contributed by atoms with van der Waals surface area (Å²) in [6.07, 6.45) is 8.46. The lowest BCUT2D eigenvalue weighted by Crippen LogP contribution is -2.46. The van der Waals surface area contributed by atoms with Crippen LogP contribution in [0, 0.1) is 0 Å². The third-order valence-electron chi connectivity index (χ3n) is 8.50. The molecule has 0 radical (unpaired) electrons. The first-order valence-corrected chi connectivity index (χ1v) is 15.9. The summed E-state index contributed by atoms with van der Waals surface area (Å²) in [7, 11) is -3.76. The SMILES string of the molecule is CS(=O)(=O)c1c(C2CC3CC[C@@H](C2)N3C(=O)c2ccc(O)cn2)nc2c(-c3ccc(-c4ccccc4)nc3)cnn2c1N. The average molecular weight is 596 g/mol. The number of benzene rings is 1. The van der Waals surface area contributed by atoms with Crippen LogP contribution in [0.2, 0.25) is 0 Å². The number of nitrogens with zero attached hydrogens (tertiary/aromatic N) is 6. The van der Waals surface area contributed by atoms with Gasteiger partial charge >= 0.3 is 0 Å². The third kappa shape index (κ3) is 4.67. The van der Waals surface area contributed by atoms with Gasteiger partial charge in [-0.05, 0) is 43.9 Å². The molecule has 0 saturated carbocycles. The molecule has 2 aliphatic heterocycles. The molecule has 3 atom stereocenters. The molecule has 2 aliphatic rings. The van der Waals surface area contributed by atoms with E-state index in [1.54, 1.807) is 12.4 Å². The minimum absolute atomic E-state index is 0.00671.